The van der Waals surface area contributed by atoms with Crippen LogP contribution >= 0.6 is 0 Å². The summed E-state index contributed by atoms with van der Waals surface area (Å²) >= 11 is 0. The normalized spacial score (nSPS) is 27.7. The van der Waals surface area contributed by atoms with Gasteiger partial charge in [0.1, 0.15) is 0 Å². The fraction of sp³-hybridized carbons (Fsp3) is 0.833. The predicted molar refractivity (Wildman–Crippen MR) is 30.8 cm³/mol. The molecule has 1 fully saturated rings. The Kier molecular flexibility index (Phi) is 2.05. The molecule has 9 heavy (non-hydrogen) atoms. The monoisotopic (exact) mass is 130 g/mol. The summed E-state index contributed by atoms with van der Waals surface area (Å²) in [6.07, 6.45) is 1.66. The van der Waals surface area contributed by atoms with Crippen molar-refractivity contribution in [3.05, 3.63) is 0 Å². The maximum absolute atomic E-state index is 10.6. The van der Waals surface area contributed by atoms with Crippen molar-refractivity contribution in [2.24, 2.45) is 5.92 Å². The summed E-state index contributed by atoms with van der Waals surface area (Å²) < 4.78 is 4.68. The molecule has 1 aliphatic heterocycles. The second kappa shape index (κ2) is 2.82. The third-order valence-electron chi connectivity index (χ3n) is 1.49. The lowest BCUT2D eigenvalue weighted by atomic mass is 10.0. The minimum atomic E-state index is -0.251. The molecule has 1 atom stereocenters. The average Bonchev–Trinajstić information content (AvgIpc) is 1.89. The van der Waals surface area contributed by atoms with E-state index >= 15 is 0 Å². The van der Waals surface area contributed by atoms with Crippen molar-refractivity contribution >= 4 is 5.97 Å². The number of ether oxygens (including phenoxy) is 1. The smallest absolute Gasteiger partial charge is 0.311 e. The van der Waals surface area contributed by atoms with Gasteiger partial charge in [-0.3, -0.25) is 4.79 Å². The summed E-state index contributed by atoms with van der Waals surface area (Å²) in [6, 6.07) is 0. The molecule has 1 aliphatic rings. The van der Waals surface area contributed by atoms with Crippen molar-refractivity contribution in [2.75, 3.05) is 13.2 Å². The number of esters is 1. The molecule has 3 heteroatoms. The molecule has 0 saturated carbocycles. The van der Waals surface area contributed by atoms with Crippen LogP contribution in [0.25, 0.3) is 0 Å². The molecule has 1 rings (SSSR count). The molecule has 0 aromatic heterocycles. The van der Waals surface area contributed by atoms with Crippen LogP contribution in [0.4, 0.5) is 0 Å². The van der Waals surface area contributed by atoms with Gasteiger partial charge in [-0.2, -0.15) is 0 Å². The summed E-state index contributed by atoms with van der Waals surface area (Å²) in [6.45, 7) is 0.453. The summed E-state index contributed by atoms with van der Waals surface area (Å²) in [5.74, 6) is -0.498. The fourth-order valence-corrected chi connectivity index (χ4v) is 0.904. The quantitative estimate of drug-likeness (QED) is 0.505. The second-order valence-electron chi connectivity index (χ2n) is 2.19. The Hall–Kier alpha value is -0.570. The van der Waals surface area contributed by atoms with Crippen molar-refractivity contribution in [3.8, 4) is 0 Å². The Labute approximate surface area is 53.6 Å². The van der Waals surface area contributed by atoms with E-state index in [0.29, 0.717) is 6.61 Å². The molecule has 0 bridgehead atoms. The lowest BCUT2D eigenvalue weighted by Gasteiger charge is -2.17. The number of aliphatic hydroxyl groups is 1. The van der Waals surface area contributed by atoms with Gasteiger partial charge in [0.25, 0.3) is 0 Å². The van der Waals surface area contributed by atoms with Gasteiger partial charge in [0.2, 0.25) is 0 Å². The zero-order chi connectivity index (χ0) is 6.69. The summed E-state index contributed by atoms with van der Waals surface area (Å²) in [4.78, 5) is 10.6. The molecule has 0 radical (unpaired) electrons. The minimum absolute atomic E-state index is 0.0706. The third kappa shape index (κ3) is 1.42. The average molecular weight is 130 g/mol. The number of carbonyl (C=O) groups excluding carboxylic acids is 1. The summed E-state index contributed by atoms with van der Waals surface area (Å²) in [5.41, 5.74) is 0. The van der Waals surface area contributed by atoms with Crippen LogP contribution in [0, 0.1) is 5.92 Å². The molecular formula is C6H10O3. The van der Waals surface area contributed by atoms with Crippen LogP contribution in [-0.2, 0) is 9.53 Å². The lowest BCUT2D eigenvalue weighted by molar-refractivity contribution is -0.154. The Bertz CT molecular complexity index is 111. The van der Waals surface area contributed by atoms with E-state index in [1.807, 2.05) is 0 Å². The van der Waals surface area contributed by atoms with Crippen molar-refractivity contribution < 1.29 is 14.6 Å². The van der Waals surface area contributed by atoms with Crippen molar-refractivity contribution in [1.29, 1.82) is 0 Å². The SMILES string of the molecule is O=C1OCCCC1CO. The lowest BCUT2D eigenvalue weighted by Crippen LogP contribution is -2.26. The molecule has 0 aromatic rings. The molecule has 0 spiro atoms. The van der Waals surface area contributed by atoms with Gasteiger partial charge >= 0.3 is 5.97 Å². The van der Waals surface area contributed by atoms with Gasteiger partial charge in [-0.25, -0.2) is 0 Å². The second-order valence-corrected chi connectivity index (χ2v) is 2.19. The van der Waals surface area contributed by atoms with Crippen LogP contribution < -0.4 is 0 Å². The maximum atomic E-state index is 10.6. The molecule has 3 nitrogen and oxygen atoms in total. The van der Waals surface area contributed by atoms with Gasteiger partial charge in [-0.1, -0.05) is 0 Å². The first-order valence-electron chi connectivity index (χ1n) is 3.12. The van der Waals surface area contributed by atoms with Crippen LogP contribution in [0.3, 0.4) is 0 Å². The third-order valence-corrected chi connectivity index (χ3v) is 1.49. The minimum Gasteiger partial charge on any atom is -0.465 e. The zero-order valence-corrected chi connectivity index (χ0v) is 5.17. The number of hydrogen-bond donors (Lipinski definition) is 1. The van der Waals surface area contributed by atoms with Crippen molar-refractivity contribution in [2.45, 2.75) is 12.8 Å². The van der Waals surface area contributed by atoms with Crippen LogP contribution in [-0.4, -0.2) is 24.3 Å². The Morgan fingerprint density at radius 3 is 3.00 bits per heavy atom. The molecule has 52 valence electrons. The molecule has 0 aliphatic carbocycles. The van der Waals surface area contributed by atoms with E-state index in [9.17, 15) is 4.79 Å². The van der Waals surface area contributed by atoms with Crippen molar-refractivity contribution in [3.63, 3.8) is 0 Å². The molecule has 0 aromatic carbocycles. The first-order chi connectivity index (χ1) is 4.34. The zero-order valence-electron chi connectivity index (χ0n) is 5.17. The molecule has 0 amide bonds. The van der Waals surface area contributed by atoms with Crippen LogP contribution in [0.2, 0.25) is 0 Å². The number of cyclic esters (lactones) is 1. The van der Waals surface area contributed by atoms with Gasteiger partial charge in [0.15, 0.2) is 0 Å². The van der Waals surface area contributed by atoms with Gasteiger partial charge in [-0.05, 0) is 12.8 Å². The molecule has 1 N–H and O–H groups in total. The highest BCUT2D eigenvalue weighted by atomic mass is 16.5. The predicted octanol–water partition coefficient (Wildman–Crippen LogP) is -0.0681. The Morgan fingerprint density at radius 1 is 1.78 bits per heavy atom. The summed E-state index contributed by atoms with van der Waals surface area (Å²) in [5, 5.41) is 8.56. The van der Waals surface area contributed by atoms with Gasteiger partial charge < -0.3 is 9.84 Å². The van der Waals surface area contributed by atoms with E-state index < -0.39 is 0 Å². The maximum Gasteiger partial charge on any atom is 0.311 e. The van der Waals surface area contributed by atoms with Crippen LogP contribution in [0.15, 0.2) is 0 Å². The van der Waals surface area contributed by atoms with E-state index in [-0.39, 0.29) is 18.5 Å². The van der Waals surface area contributed by atoms with Gasteiger partial charge in [0, 0.05) is 0 Å². The number of aliphatic hydroxyl groups excluding tert-OH is 1. The number of carbonyl (C=O) groups is 1. The Balaban J connectivity index is 2.39. The molecular weight excluding hydrogens is 120 g/mol. The highest BCUT2D eigenvalue weighted by Gasteiger charge is 2.22. The van der Waals surface area contributed by atoms with E-state index in [2.05, 4.69) is 4.74 Å². The molecule has 1 saturated heterocycles. The van der Waals surface area contributed by atoms with E-state index in [4.69, 9.17) is 5.11 Å². The van der Waals surface area contributed by atoms with Crippen molar-refractivity contribution in [1.82, 2.24) is 0 Å². The van der Waals surface area contributed by atoms with Gasteiger partial charge in [-0.15, -0.1) is 0 Å². The molecule has 1 unspecified atom stereocenters. The van der Waals surface area contributed by atoms with Crippen LogP contribution in [0.1, 0.15) is 12.8 Å². The van der Waals surface area contributed by atoms with E-state index in [1.54, 1.807) is 0 Å². The number of rotatable bonds is 1. The van der Waals surface area contributed by atoms with E-state index in [0.717, 1.165) is 12.8 Å². The topological polar surface area (TPSA) is 46.5 Å². The highest BCUT2D eigenvalue weighted by Crippen LogP contribution is 2.13. The summed E-state index contributed by atoms with van der Waals surface area (Å²) in [7, 11) is 0. The first-order valence-corrected chi connectivity index (χ1v) is 3.12. The first kappa shape index (κ1) is 6.55. The number of hydrogen-bond acceptors (Lipinski definition) is 3. The van der Waals surface area contributed by atoms with Gasteiger partial charge in [0.05, 0.1) is 19.1 Å². The Morgan fingerprint density at radius 2 is 2.56 bits per heavy atom. The molecule has 1 heterocycles. The van der Waals surface area contributed by atoms with E-state index in [1.165, 1.54) is 0 Å². The van der Waals surface area contributed by atoms with Crippen LogP contribution in [0.5, 0.6) is 0 Å². The highest BCUT2D eigenvalue weighted by molar-refractivity contribution is 5.73. The fourth-order valence-electron chi connectivity index (χ4n) is 0.904. The standard InChI is InChI=1S/C6H10O3/c7-4-5-2-1-3-9-6(5)8/h5,7H,1-4H2. The largest absolute Gasteiger partial charge is 0.465 e.